The quantitative estimate of drug-likeness (QED) is 0.396. The molecule has 2 aromatic carbocycles. The van der Waals surface area contributed by atoms with Crippen molar-refractivity contribution in [1.29, 1.82) is 0 Å². The minimum absolute atomic E-state index is 0.0576. The molecule has 5 aromatic rings. The maximum Gasteiger partial charge on any atom is 0.195 e. The van der Waals surface area contributed by atoms with Crippen molar-refractivity contribution >= 4 is 22.2 Å². The van der Waals surface area contributed by atoms with E-state index in [9.17, 15) is 4.79 Å². The largest absolute Gasteiger partial charge is 0.361 e. The number of carbonyl (C=O) groups excluding carboxylic acids is 1. The number of aromatic nitrogens is 2. The van der Waals surface area contributed by atoms with Crippen LogP contribution in [0.5, 0.6) is 0 Å². The van der Waals surface area contributed by atoms with Crippen molar-refractivity contribution in [1.82, 2.24) is 9.38 Å². The molecule has 0 bridgehead atoms. The molecule has 0 saturated heterocycles. The predicted molar refractivity (Wildman–Crippen MR) is 114 cm³/mol. The molecule has 0 spiro atoms. The monoisotopic (exact) mass is 364 g/mol. The number of H-pyrrole nitrogens is 1. The Hall–Kier alpha value is -3.59. The molecule has 0 aliphatic carbocycles. The smallest absolute Gasteiger partial charge is 0.195 e. The van der Waals surface area contributed by atoms with Crippen molar-refractivity contribution in [2.24, 2.45) is 0 Å². The standard InChI is InChI=1S/C25H20N2O/c1-16-14-26-20-13-21-23(25(28)19-11-7-4-8-12-19)17(2)15-27(21)24(22(16)20)18-9-5-3-6-10-18/h3-15,26H,1-2H3. The molecule has 3 heterocycles. The van der Waals surface area contributed by atoms with Crippen LogP contribution < -0.4 is 0 Å². The van der Waals surface area contributed by atoms with E-state index in [-0.39, 0.29) is 5.78 Å². The molecule has 0 amide bonds. The van der Waals surface area contributed by atoms with Crippen LogP contribution in [0.3, 0.4) is 0 Å². The maximum atomic E-state index is 13.3. The van der Waals surface area contributed by atoms with Crippen molar-refractivity contribution in [3.8, 4) is 11.3 Å². The third-order valence-electron chi connectivity index (χ3n) is 5.41. The number of aryl methyl sites for hydroxylation is 2. The molecule has 3 heteroatoms. The van der Waals surface area contributed by atoms with Crippen LogP contribution in [0, 0.1) is 13.8 Å². The second kappa shape index (κ2) is 6.24. The van der Waals surface area contributed by atoms with Gasteiger partial charge in [0, 0.05) is 28.9 Å². The van der Waals surface area contributed by atoms with Gasteiger partial charge in [-0.25, -0.2) is 0 Å². The fourth-order valence-corrected chi connectivity index (χ4v) is 4.11. The van der Waals surface area contributed by atoms with E-state index < -0.39 is 0 Å². The third kappa shape index (κ3) is 2.40. The van der Waals surface area contributed by atoms with Crippen molar-refractivity contribution in [2.75, 3.05) is 0 Å². The van der Waals surface area contributed by atoms with Crippen LogP contribution in [-0.2, 0) is 0 Å². The first-order chi connectivity index (χ1) is 13.6. The van der Waals surface area contributed by atoms with Gasteiger partial charge in [-0.2, -0.15) is 0 Å². The topological polar surface area (TPSA) is 37.3 Å². The van der Waals surface area contributed by atoms with Crippen LogP contribution in [0.1, 0.15) is 27.0 Å². The minimum atomic E-state index is 0.0576. The SMILES string of the molecule is Cc1cn2c(-c3ccccc3)c3c(C)c[nH]c3cc2c1C(=O)c1ccccc1. The Balaban J connectivity index is 1.88. The number of fused-ring (bicyclic) bond motifs is 2. The summed E-state index contributed by atoms with van der Waals surface area (Å²) in [5.74, 6) is 0.0576. The summed E-state index contributed by atoms with van der Waals surface area (Å²) >= 11 is 0. The molecular weight excluding hydrogens is 344 g/mol. The zero-order valence-corrected chi connectivity index (χ0v) is 15.9. The summed E-state index contributed by atoms with van der Waals surface area (Å²) < 4.78 is 2.17. The number of benzene rings is 2. The van der Waals surface area contributed by atoms with Gasteiger partial charge >= 0.3 is 0 Å². The van der Waals surface area contributed by atoms with Crippen LogP contribution in [0.15, 0.2) is 79.1 Å². The van der Waals surface area contributed by atoms with Crippen molar-refractivity contribution in [3.63, 3.8) is 0 Å². The highest BCUT2D eigenvalue weighted by Crippen LogP contribution is 2.35. The van der Waals surface area contributed by atoms with E-state index in [1.807, 2.05) is 61.7 Å². The molecule has 0 aliphatic heterocycles. The van der Waals surface area contributed by atoms with Crippen LogP contribution in [0.2, 0.25) is 0 Å². The number of rotatable bonds is 3. The molecule has 5 rings (SSSR count). The molecule has 3 aromatic heterocycles. The van der Waals surface area contributed by atoms with Gasteiger partial charge < -0.3 is 9.38 Å². The second-order valence-corrected chi connectivity index (χ2v) is 7.26. The van der Waals surface area contributed by atoms with Gasteiger partial charge in [-0.05, 0) is 36.6 Å². The lowest BCUT2D eigenvalue weighted by Crippen LogP contribution is -2.03. The third-order valence-corrected chi connectivity index (χ3v) is 5.41. The molecule has 0 saturated carbocycles. The highest BCUT2D eigenvalue weighted by Gasteiger charge is 2.21. The first kappa shape index (κ1) is 16.6. The number of ketones is 1. The van der Waals surface area contributed by atoms with Gasteiger partial charge in [0.05, 0.1) is 16.8 Å². The maximum absolute atomic E-state index is 13.3. The summed E-state index contributed by atoms with van der Waals surface area (Å²) in [6.45, 7) is 4.13. The number of carbonyl (C=O) groups is 1. The van der Waals surface area contributed by atoms with Gasteiger partial charge in [0.2, 0.25) is 0 Å². The number of nitrogens with one attached hydrogen (secondary N) is 1. The van der Waals surface area contributed by atoms with Crippen LogP contribution in [0.25, 0.3) is 27.7 Å². The van der Waals surface area contributed by atoms with Gasteiger partial charge in [-0.15, -0.1) is 0 Å². The van der Waals surface area contributed by atoms with Crippen molar-refractivity contribution < 1.29 is 4.79 Å². The van der Waals surface area contributed by atoms with Gasteiger partial charge in [0.25, 0.3) is 0 Å². The lowest BCUT2D eigenvalue weighted by atomic mass is 10.00. The van der Waals surface area contributed by atoms with E-state index in [4.69, 9.17) is 0 Å². The first-order valence-corrected chi connectivity index (χ1v) is 9.42. The fraction of sp³-hybridized carbons (Fsp3) is 0.0800. The summed E-state index contributed by atoms with van der Waals surface area (Å²) in [5, 5.41) is 1.19. The number of nitrogens with zero attached hydrogens (tertiary/aromatic N) is 1. The summed E-state index contributed by atoms with van der Waals surface area (Å²) in [4.78, 5) is 16.7. The summed E-state index contributed by atoms with van der Waals surface area (Å²) in [5.41, 5.74) is 7.87. The zero-order valence-electron chi connectivity index (χ0n) is 15.9. The molecular formula is C25H20N2O. The molecule has 0 fully saturated rings. The Bertz CT molecular complexity index is 1330. The lowest BCUT2D eigenvalue weighted by molar-refractivity contribution is 0.104. The number of aromatic amines is 1. The predicted octanol–water partition coefficient (Wildman–Crippen LogP) is 5.94. The van der Waals surface area contributed by atoms with Gasteiger partial charge in [-0.3, -0.25) is 4.79 Å². The summed E-state index contributed by atoms with van der Waals surface area (Å²) in [6.07, 6.45) is 4.11. The van der Waals surface area contributed by atoms with Crippen molar-refractivity contribution in [3.05, 3.63) is 101 Å². The van der Waals surface area contributed by atoms with E-state index in [2.05, 4.69) is 40.7 Å². The molecule has 0 atom stereocenters. The Morgan fingerprint density at radius 1 is 0.893 bits per heavy atom. The highest BCUT2D eigenvalue weighted by atomic mass is 16.1. The highest BCUT2D eigenvalue weighted by molar-refractivity contribution is 6.15. The average molecular weight is 364 g/mol. The molecule has 0 radical (unpaired) electrons. The molecule has 1 N–H and O–H groups in total. The minimum Gasteiger partial charge on any atom is -0.361 e. The van der Waals surface area contributed by atoms with Gasteiger partial charge in [0.1, 0.15) is 0 Å². The molecule has 3 nitrogen and oxygen atoms in total. The van der Waals surface area contributed by atoms with E-state index >= 15 is 0 Å². The average Bonchev–Trinajstić information content (AvgIpc) is 3.26. The Kier molecular flexibility index (Phi) is 3.69. The molecule has 0 unspecified atom stereocenters. The van der Waals surface area contributed by atoms with Crippen molar-refractivity contribution in [2.45, 2.75) is 13.8 Å². The van der Waals surface area contributed by atoms with Crippen LogP contribution in [-0.4, -0.2) is 15.2 Å². The Morgan fingerprint density at radius 3 is 2.29 bits per heavy atom. The van der Waals surface area contributed by atoms with Crippen LogP contribution >= 0.6 is 0 Å². The van der Waals surface area contributed by atoms with E-state index in [1.165, 1.54) is 10.9 Å². The number of hydrogen-bond donors (Lipinski definition) is 1. The Labute approximate surface area is 163 Å². The molecule has 0 aliphatic rings. The lowest BCUT2D eigenvalue weighted by Gasteiger charge is -2.11. The fourth-order valence-electron chi connectivity index (χ4n) is 4.11. The summed E-state index contributed by atoms with van der Waals surface area (Å²) in [7, 11) is 0. The summed E-state index contributed by atoms with van der Waals surface area (Å²) in [6, 6.07) is 22.0. The van der Waals surface area contributed by atoms with Gasteiger partial charge in [-0.1, -0.05) is 60.7 Å². The van der Waals surface area contributed by atoms with E-state index in [0.717, 1.165) is 33.4 Å². The van der Waals surface area contributed by atoms with Gasteiger partial charge in [0.15, 0.2) is 5.78 Å². The Morgan fingerprint density at radius 2 is 1.57 bits per heavy atom. The molecule has 28 heavy (non-hydrogen) atoms. The van der Waals surface area contributed by atoms with Crippen LogP contribution in [0.4, 0.5) is 0 Å². The number of pyridine rings is 1. The normalized spacial score (nSPS) is 11.4. The zero-order chi connectivity index (χ0) is 19.3. The van der Waals surface area contributed by atoms with E-state index in [0.29, 0.717) is 5.56 Å². The first-order valence-electron chi connectivity index (χ1n) is 9.42. The van der Waals surface area contributed by atoms with E-state index in [1.54, 1.807) is 0 Å². The second-order valence-electron chi connectivity index (χ2n) is 7.26. The number of hydrogen-bond acceptors (Lipinski definition) is 1. The molecule has 136 valence electrons.